The first kappa shape index (κ1) is 14.9. The first-order valence-electron chi connectivity index (χ1n) is 6.47. The van der Waals surface area contributed by atoms with E-state index < -0.39 is 11.6 Å². The summed E-state index contributed by atoms with van der Waals surface area (Å²) in [7, 11) is 0. The maximum atomic E-state index is 13.5. The van der Waals surface area contributed by atoms with Crippen LogP contribution in [0, 0.1) is 11.6 Å². The molecule has 0 aromatic heterocycles. The summed E-state index contributed by atoms with van der Waals surface area (Å²) in [6, 6.07) is 12.0. The molecule has 0 spiro atoms. The minimum Gasteiger partial charge on any atom is -0.310 e. The van der Waals surface area contributed by atoms with Crippen LogP contribution in [0.2, 0.25) is 5.02 Å². The third kappa shape index (κ3) is 4.02. The maximum Gasteiger partial charge on any atom is 0.163 e. The fourth-order valence-electron chi connectivity index (χ4n) is 2.02. The Morgan fingerprint density at radius 1 is 1.10 bits per heavy atom. The Bertz CT molecular complexity index is 569. The smallest absolute Gasteiger partial charge is 0.163 e. The molecule has 0 aliphatic heterocycles. The predicted molar refractivity (Wildman–Crippen MR) is 77.8 cm³/mol. The molecule has 2 rings (SSSR count). The average Bonchev–Trinajstić information content (AvgIpc) is 2.43. The van der Waals surface area contributed by atoms with E-state index in [1.54, 1.807) is 6.07 Å². The summed E-state index contributed by atoms with van der Waals surface area (Å²) in [5.41, 5.74) is 1.49. The number of halogens is 3. The highest BCUT2D eigenvalue weighted by molar-refractivity contribution is 6.30. The van der Waals surface area contributed by atoms with E-state index in [1.165, 1.54) is 6.07 Å². The van der Waals surface area contributed by atoms with E-state index in [-0.39, 0.29) is 6.04 Å². The van der Waals surface area contributed by atoms with Crippen LogP contribution >= 0.6 is 11.6 Å². The van der Waals surface area contributed by atoms with Crippen molar-refractivity contribution in [2.45, 2.75) is 25.9 Å². The van der Waals surface area contributed by atoms with Crippen molar-refractivity contribution in [3.8, 4) is 0 Å². The van der Waals surface area contributed by atoms with Crippen LogP contribution in [0.1, 0.15) is 18.1 Å². The number of benzene rings is 2. The molecule has 1 nitrogen and oxygen atoms in total. The largest absolute Gasteiger partial charge is 0.310 e. The van der Waals surface area contributed by atoms with E-state index in [0.29, 0.717) is 17.1 Å². The summed E-state index contributed by atoms with van der Waals surface area (Å²) in [6.45, 7) is 2.31. The van der Waals surface area contributed by atoms with Gasteiger partial charge >= 0.3 is 0 Å². The molecule has 0 fully saturated rings. The zero-order valence-electron chi connectivity index (χ0n) is 11.2. The standard InChI is InChI=1S/C16H16ClF2N/c1-11(9-12-5-7-14(17)8-6-12)20-10-13-3-2-4-15(18)16(13)19/h2-8,11,20H,9-10H2,1H3. The van der Waals surface area contributed by atoms with Gasteiger partial charge in [0, 0.05) is 23.2 Å². The highest BCUT2D eigenvalue weighted by atomic mass is 35.5. The summed E-state index contributed by atoms with van der Waals surface area (Å²) in [5, 5.41) is 3.90. The quantitative estimate of drug-likeness (QED) is 0.865. The Balaban J connectivity index is 1.90. The van der Waals surface area contributed by atoms with Crippen LogP contribution in [0.4, 0.5) is 8.78 Å². The molecule has 0 amide bonds. The Morgan fingerprint density at radius 2 is 1.80 bits per heavy atom. The van der Waals surface area contributed by atoms with Gasteiger partial charge in [0.2, 0.25) is 0 Å². The number of hydrogen-bond acceptors (Lipinski definition) is 1. The fraction of sp³-hybridized carbons (Fsp3) is 0.250. The molecule has 2 aromatic rings. The second kappa shape index (κ2) is 6.82. The molecule has 0 aliphatic rings. The molecule has 106 valence electrons. The van der Waals surface area contributed by atoms with Crippen LogP contribution < -0.4 is 5.32 Å². The fourth-order valence-corrected chi connectivity index (χ4v) is 2.14. The minimum absolute atomic E-state index is 0.152. The maximum absolute atomic E-state index is 13.5. The monoisotopic (exact) mass is 295 g/mol. The van der Waals surface area contributed by atoms with Gasteiger partial charge in [0.25, 0.3) is 0 Å². The van der Waals surface area contributed by atoms with Crippen LogP contribution in [-0.4, -0.2) is 6.04 Å². The van der Waals surface area contributed by atoms with Crippen LogP contribution in [0.25, 0.3) is 0 Å². The van der Waals surface area contributed by atoms with Gasteiger partial charge in [-0.25, -0.2) is 8.78 Å². The lowest BCUT2D eigenvalue weighted by Crippen LogP contribution is -2.28. The Morgan fingerprint density at radius 3 is 2.50 bits per heavy atom. The Hall–Kier alpha value is -1.45. The number of hydrogen-bond donors (Lipinski definition) is 1. The van der Waals surface area contributed by atoms with Crippen molar-refractivity contribution >= 4 is 11.6 Å². The molecule has 2 aromatic carbocycles. The molecule has 4 heteroatoms. The van der Waals surface area contributed by atoms with Gasteiger partial charge in [0.1, 0.15) is 0 Å². The lowest BCUT2D eigenvalue weighted by Gasteiger charge is -2.14. The highest BCUT2D eigenvalue weighted by Crippen LogP contribution is 2.13. The highest BCUT2D eigenvalue weighted by Gasteiger charge is 2.09. The van der Waals surface area contributed by atoms with Gasteiger partial charge in [0.15, 0.2) is 11.6 Å². The van der Waals surface area contributed by atoms with Gasteiger partial charge in [0.05, 0.1) is 0 Å². The van der Waals surface area contributed by atoms with Gasteiger partial charge in [-0.1, -0.05) is 35.9 Å². The number of rotatable bonds is 5. The summed E-state index contributed by atoms with van der Waals surface area (Å²) in [6.07, 6.45) is 0.800. The first-order chi connectivity index (χ1) is 9.56. The van der Waals surface area contributed by atoms with E-state index in [4.69, 9.17) is 11.6 Å². The Labute approximate surface area is 122 Å². The van der Waals surface area contributed by atoms with Crippen LogP contribution in [0.5, 0.6) is 0 Å². The molecular formula is C16H16ClF2N. The van der Waals surface area contributed by atoms with E-state index >= 15 is 0 Å². The van der Waals surface area contributed by atoms with E-state index in [9.17, 15) is 8.78 Å². The topological polar surface area (TPSA) is 12.0 Å². The lowest BCUT2D eigenvalue weighted by atomic mass is 10.1. The molecule has 0 heterocycles. The second-order valence-corrected chi connectivity index (χ2v) is 5.26. The van der Waals surface area contributed by atoms with Crippen molar-refractivity contribution in [1.82, 2.24) is 5.32 Å². The predicted octanol–water partition coefficient (Wildman–Crippen LogP) is 4.34. The SMILES string of the molecule is CC(Cc1ccc(Cl)cc1)NCc1cccc(F)c1F. The van der Waals surface area contributed by atoms with Gasteiger partial charge in [-0.15, -0.1) is 0 Å². The second-order valence-electron chi connectivity index (χ2n) is 4.83. The zero-order valence-corrected chi connectivity index (χ0v) is 11.9. The first-order valence-corrected chi connectivity index (χ1v) is 6.85. The van der Waals surface area contributed by atoms with E-state index in [0.717, 1.165) is 18.1 Å². The average molecular weight is 296 g/mol. The molecule has 1 N–H and O–H groups in total. The van der Waals surface area contributed by atoms with Gasteiger partial charge < -0.3 is 5.32 Å². The summed E-state index contributed by atoms with van der Waals surface area (Å²) >= 11 is 5.83. The van der Waals surface area contributed by atoms with Gasteiger partial charge in [-0.3, -0.25) is 0 Å². The van der Waals surface area contributed by atoms with Crippen molar-refractivity contribution in [3.63, 3.8) is 0 Å². The third-order valence-electron chi connectivity index (χ3n) is 3.13. The Kier molecular flexibility index (Phi) is 5.10. The van der Waals surface area contributed by atoms with Crippen LogP contribution in [-0.2, 0) is 13.0 Å². The molecule has 20 heavy (non-hydrogen) atoms. The minimum atomic E-state index is -0.811. The van der Waals surface area contributed by atoms with Gasteiger partial charge in [-0.2, -0.15) is 0 Å². The summed E-state index contributed by atoms with van der Waals surface area (Å²) in [4.78, 5) is 0. The van der Waals surface area contributed by atoms with Crippen molar-refractivity contribution in [2.75, 3.05) is 0 Å². The van der Waals surface area contributed by atoms with Crippen molar-refractivity contribution < 1.29 is 8.78 Å². The van der Waals surface area contributed by atoms with Crippen LogP contribution in [0.15, 0.2) is 42.5 Å². The van der Waals surface area contributed by atoms with Crippen molar-refractivity contribution in [1.29, 1.82) is 0 Å². The van der Waals surface area contributed by atoms with Gasteiger partial charge in [-0.05, 0) is 37.1 Å². The summed E-state index contributed by atoms with van der Waals surface area (Å²) in [5.74, 6) is -1.59. The normalized spacial score (nSPS) is 12.4. The number of nitrogens with one attached hydrogen (secondary N) is 1. The van der Waals surface area contributed by atoms with Crippen molar-refractivity contribution in [2.24, 2.45) is 0 Å². The molecule has 0 saturated carbocycles. The summed E-state index contributed by atoms with van der Waals surface area (Å²) < 4.78 is 26.6. The molecule has 1 atom stereocenters. The van der Waals surface area contributed by atoms with Crippen LogP contribution in [0.3, 0.4) is 0 Å². The molecule has 1 unspecified atom stereocenters. The molecule has 0 aliphatic carbocycles. The van der Waals surface area contributed by atoms with E-state index in [1.807, 2.05) is 31.2 Å². The molecular weight excluding hydrogens is 280 g/mol. The zero-order chi connectivity index (χ0) is 14.5. The molecule has 0 saturated heterocycles. The lowest BCUT2D eigenvalue weighted by molar-refractivity contribution is 0.480. The molecule has 0 radical (unpaired) electrons. The van der Waals surface area contributed by atoms with Crippen molar-refractivity contribution in [3.05, 3.63) is 70.2 Å². The molecule has 0 bridgehead atoms. The van der Waals surface area contributed by atoms with E-state index in [2.05, 4.69) is 5.32 Å². The third-order valence-corrected chi connectivity index (χ3v) is 3.38.